The Hall–Kier alpha value is -0.240. The van der Waals surface area contributed by atoms with Crippen LogP contribution in [0.4, 0.5) is 0 Å². The van der Waals surface area contributed by atoms with E-state index in [-0.39, 0.29) is 19.8 Å². The third-order valence-electron chi connectivity index (χ3n) is 0.1000. The van der Waals surface area contributed by atoms with Crippen molar-refractivity contribution in [3.05, 3.63) is 0 Å². The van der Waals surface area contributed by atoms with Crippen LogP contribution in [0.25, 0.3) is 0 Å². The van der Waals surface area contributed by atoms with Crippen LogP contribution in [0.2, 0.25) is 0 Å². The molecule has 0 aliphatic carbocycles. The highest BCUT2D eigenvalue weighted by molar-refractivity contribution is 4.06. The molecule has 0 heterocycles. The second-order valence-corrected chi connectivity index (χ2v) is 0.900. The molecule has 0 aromatic heterocycles. The van der Waals surface area contributed by atoms with E-state index >= 15 is 0 Å². The molecule has 0 aliphatic rings. The fourth-order valence-electron chi connectivity index (χ4n) is 0. The maximum atomic E-state index is 7.62. The van der Waals surface area contributed by atoms with Crippen molar-refractivity contribution in [3.63, 3.8) is 0 Å². The van der Waals surface area contributed by atoms with Crippen LogP contribution in [0.15, 0.2) is 0 Å². The number of hydrogen-bond acceptors (Lipinski definition) is 6. The van der Waals surface area contributed by atoms with E-state index in [2.05, 4.69) is 16.7 Å². The highest BCUT2D eigenvalue weighted by atomic mass is 16.7. The molecule has 6 nitrogen and oxygen atoms in total. The fraction of sp³-hybridized carbons (Fsp3) is 1.00. The van der Waals surface area contributed by atoms with Crippen LogP contribution >= 0.6 is 0 Å². The van der Waals surface area contributed by atoms with Crippen molar-refractivity contribution in [2.24, 2.45) is 11.8 Å². The minimum absolute atomic E-state index is 0.125. The monoisotopic (exact) mass is 156 g/mol. The predicted molar refractivity (Wildman–Crippen MR) is 36.4 cm³/mol. The highest BCUT2D eigenvalue weighted by Crippen LogP contribution is 1.39. The van der Waals surface area contributed by atoms with Crippen molar-refractivity contribution < 1.29 is 20.3 Å². The highest BCUT2D eigenvalue weighted by Gasteiger charge is 1.58. The van der Waals surface area contributed by atoms with Crippen LogP contribution < -0.4 is 11.8 Å². The molecule has 0 saturated carbocycles. The van der Waals surface area contributed by atoms with Gasteiger partial charge >= 0.3 is 0 Å². The SMILES string of the molecule is CCO.NON.OCCO. The lowest BCUT2D eigenvalue weighted by atomic mass is 10.8. The van der Waals surface area contributed by atoms with E-state index in [1.165, 1.54) is 0 Å². The summed E-state index contributed by atoms with van der Waals surface area (Å²) in [5.74, 6) is 8.25. The molecule has 0 bridgehead atoms. The molecule has 0 atom stereocenters. The topological polar surface area (TPSA) is 122 Å². The summed E-state index contributed by atoms with van der Waals surface area (Å²) < 4.78 is 0. The van der Waals surface area contributed by atoms with Gasteiger partial charge < -0.3 is 15.3 Å². The van der Waals surface area contributed by atoms with Crippen LogP contribution in [0.1, 0.15) is 6.92 Å². The summed E-state index contributed by atoms with van der Waals surface area (Å²) in [6.07, 6.45) is 0. The van der Waals surface area contributed by atoms with E-state index in [0.717, 1.165) is 0 Å². The van der Waals surface area contributed by atoms with Crippen LogP contribution in [0.3, 0.4) is 0 Å². The van der Waals surface area contributed by atoms with Gasteiger partial charge in [-0.15, -0.1) is 0 Å². The Morgan fingerprint density at radius 2 is 1.20 bits per heavy atom. The molecular weight excluding hydrogens is 140 g/mol. The van der Waals surface area contributed by atoms with Crippen LogP contribution in [0.5, 0.6) is 0 Å². The van der Waals surface area contributed by atoms with Gasteiger partial charge in [0.1, 0.15) is 0 Å². The molecule has 0 aromatic rings. The average molecular weight is 156 g/mol. The molecule has 0 saturated heterocycles. The molecule has 7 N–H and O–H groups in total. The molecule has 0 spiro atoms. The van der Waals surface area contributed by atoms with Gasteiger partial charge in [0.25, 0.3) is 0 Å². The zero-order valence-electron chi connectivity index (χ0n) is 6.03. The molecule has 0 unspecified atom stereocenters. The van der Waals surface area contributed by atoms with E-state index in [1.54, 1.807) is 6.92 Å². The van der Waals surface area contributed by atoms with E-state index in [0.29, 0.717) is 0 Å². The third kappa shape index (κ3) is 614. The minimum atomic E-state index is -0.125. The van der Waals surface area contributed by atoms with E-state index in [1.807, 2.05) is 0 Å². The molecule has 0 aliphatic heterocycles. The number of aliphatic hydroxyl groups excluding tert-OH is 3. The molecule has 0 radical (unpaired) electrons. The number of nitrogens with two attached hydrogens (primary N) is 2. The zero-order chi connectivity index (χ0) is 8.83. The Morgan fingerprint density at radius 3 is 1.20 bits per heavy atom. The van der Waals surface area contributed by atoms with Gasteiger partial charge in [0, 0.05) is 6.61 Å². The van der Waals surface area contributed by atoms with Gasteiger partial charge in [0.15, 0.2) is 0 Å². The Labute approximate surface area is 59.9 Å². The molecule has 0 rings (SSSR count). The lowest BCUT2D eigenvalue weighted by Gasteiger charge is -1.70. The molecule has 0 aromatic carbocycles. The van der Waals surface area contributed by atoms with Gasteiger partial charge in [-0.3, -0.25) is 0 Å². The lowest BCUT2D eigenvalue weighted by molar-refractivity contribution is 0.142. The van der Waals surface area contributed by atoms with E-state index in [9.17, 15) is 0 Å². The van der Waals surface area contributed by atoms with Gasteiger partial charge in [-0.25, -0.2) is 4.94 Å². The first-order valence-corrected chi connectivity index (χ1v) is 2.63. The molecule has 66 valence electrons. The van der Waals surface area contributed by atoms with Crippen LogP contribution in [-0.4, -0.2) is 35.1 Å². The molecular formula is C4H16N2O4. The Kier molecular flexibility index (Phi) is 61.2. The van der Waals surface area contributed by atoms with Gasteiger partial charge in [-0.1, -0.05) is 0 Å². The minimum Gasteiger partial charge on any atom is -0.397 e. The van der Waals surface area contributed by atoms with Crippen molar-refractivity contribution in [1.29, 1.82) is 0 Å². The van der Waals surface area contributed by atoms with Crippen LogP contribution in [0, 0.1) is 0 Å². The summed E-state index contributed by atoms with van der Waals surface area (Å²) in [5, 5.41) is 22.8. The number of aliphatic hydroxyl groups is 3. The maximum absolute atomic E-state index is 7.62. The van der Waals surface area contributed by atoms with Gasteiger partial charge in [-0.05, 0) is 6.92 Å². The largest absolute Gasteiger partial charge is 0.397 e. The summed E-state index contributed by atoms with van der Waals surface area (Å²) in [6, 6.07) is 0. The maximum Gasteiger partial charge on any atom is 0.0662 e. The summed E-state index contributed by atoms with van der Waals surface area (Å²) in [4.78, 5) is 3.25. The zero-order valence-corrected chi connectivity index (χ0v) is 6.03. The Bertz CT molecular complexity index is 27.2. The van der Waals surface area contributed by atoms with E-state index < -0.39 is 0 Å². The van der Waals surface area contributed by atoms with Crippen molar-refractivity contribution >= 4 is 0 Å². The van der Waals surface area contributed by atoms with Crippen molar-refractivity contribution in [2.75, 3.05) is 19.8 Å². The van der Waals surface area contributed by atoms with Crippen LogP contribution in [-0.2, 0) is 4.94 Å². The van der Waals surface area contributed by atoms with Gasteiger partial charge in [0.2, 0.25) is 0 Å². The quantitative estimate of drug-likeness (QED) is 0.273. The molecule has 10 heavy (non-hydrogen) atoms. The lowest BCUT2D eigenvalue weighted by Crippen LogP contribution is -2.03. The predicted octanol–water partition coefficient (Wildman–Crippen LogP) is -2.28. The summed E-state index contributed by atoms with van der Waals surface area (Å²) in [5.41, 5.74) is 0. The van der Waals surface area contributed by atoms with Crippen molar-refractivity contribution in [2.45, 2.75) is 6.92 Å². The van der Waals surface area contributed by atoms with Gasteiger partial charge in [-0.2, -0.15) is 11.8 Å². The smallest absolute Gasteiger partial charge is 0.0662 e. The fourth-order valence-corrected chi connectivity index (χ4v) is 0. The number of rotatable bonds is 1. The van der Waals surface area contributed by atoms with Crippen molar-refractivity contribution in [1.82, 2.24) is 0 Å². The van der Waals surface area contributed by atoms with Gasteiger partial charge in [0.05, 0.1) is 13.2 Å². The molecule has 0 amide bonds. The normalized spacial score (nSPS) is 6.60. The third-order valence-corrected chi connectivity index (χ3v) is 0.1000. The average Bonchev–Trinajstić information content (AvgIpc) is 1.91. The standard InChI is InChI=1S/C2H6O2.C2H6O.H4N2O/c3-1-2-4;1-2-3;1-3-2/h3-4H,1-2H2;3H,2H2,1H3;1-2H2. The summed E-state index contributed by atoms with van der Waals surface area (Å²) in [6.45, 7) is 1.68. The first-order valence-electron chi connectivity index (χ1n) is 2.63. The van der Waals surface area contributed by atoms with E-state index in [4.69, 9.17) is 15.3 Å². The van der Waals surface area contributed by atoms with Crippen molar-refractivity contribution in [3.8, 4) is 0 Å². The first-order chi connectivity index (χ1) is 4.74. The second kappa shape index (κ2) is 37.3. The summed E-state index contributed by atoms with van der Waals surface area (Å²) in [7, 11) is 0. The Balaban J connectivity index is -0.0000000750. The molecule has 6 heteroatoms. The second-order valence-electron chi connectivity index (χ2n) is 0.900. The molecule has 0 fully saturated rings. The first kappa shape index (κ1) is 16.4. The Morgan fingerprint density at radius 1 is 1.10 bits per heavy atom. The summed E-state index contributed by atoms with van der Waals surface area (Å²) >= 11 is 0. The number of hydrogen-bond donors (Lipinski definition) is 5.